The number of rotatable bonds is 4. The van der Waals surface area contributed by atoms with Gasteiger partial charge in [0.05, 0.1) is 0 Å². The fraction of sp³-hybridized carbons (Fsp3) is 0.353. The Morgan fingerprint density at radius 2 is 1.71 bits per heavy atom. The molecule has 3 nitrogen and oxygen atoms in total. The molecule has 2 aromatic rings. The third-order valence-electron chi connectivity index (χ3n) is 3.86. The molecule has 0 saturated carbocycles. The predicted octanol–water partition coefficient (Wildman–Crippen LogP) is 4.17. The van der Waals surface area contributed by atoms with Gasteiger partial charge in [-0.1, -0.05) is 11.6 Å². The second kappa shape index (κ2) is 5.94. The molecule has 1 aromatic carbocycles. The van der Waals surface area contributed by atoms with Crippen LogP contribution in [0.2, 0.25) is 5.02 Å². The monoisotopic (exact) mass is 305 g/mol. The van der Waals surface area contributed by atoms with E-state index in [1.165, 1.54) is 0 Å². The van der Waals surface area contributed by atoms with E-state index in [4.69, 9.17) is 16.3 Å². The molecule has 0 fully saturated rings. The first-order valence-corrected chi connectivity index (χ1v) is 7.24. The first-order valence-electron chi connectivity index (χ1n) is 6.87. The van der Waals surface area contributed by atoms with E-state index in [1.54, 1.807) is 0 Å². The van der Waals surface area contributed by atoms with Crippen LogP contribution in [0.4, 0.5) is 0 Å². The Morgan fingerprint density at radius 1 is 1.14 bits per heavy atom. The maximum atomic E-state index is 12.3. The number of aryl methyl sites for hydroxylation is 3. The number of halogens is 1. The van der Waals surface area contributed by atoms with Gasteiger partial charge in [0.25, 0.3) is 0 Å². The molecule has 21 heavy (non-hydrogen) atoms. The highest BCUT2D eigenvalue weighted by Crippen LogP contribution is 2.26. The molecule has 0 amide bonds. The van der Waals surface area contributed by atoms with Gasteiger partial charge in [0.2, 0.25) is 5.78 Å². The molecule has 1 aromatic heterocycles. The summed E-state index contributed by atoms with van der Waals surface area (Å²) < 4.78 is 7.63. The lowest BCUT2D eigenvalue weighted by Gasteiger charge is -2.09. The summed E-state index contributed by atoms with van der Waals surface area (Å²) in [5.41, 5.74) is 4.65. The number of carbonyl (C=O) groups excluding carboxylic acids is 1. The van der Waals surface area contributed by atoms with Crippen LogP contribution in [0.3, 0.4) is 0 Å². The zero-order chi connectivity index (χ0) is 15.7. The van der Waals surface area contributed by atoms with Crippen molar-refractivity contribution in [3.63, 3.8) is 0 Å². The minimum Gasteiger partial charge on any atom is -0.485 e. The predicted molar refractivity (Wildman–Crippen MR) is 85.6 cm³/mol. The van der Waals surface area contributed by atoms with Crippen molar-refractivity contribution in [1.82, 2.24) is 4.57 Å². The second-order valence-corrected chi connectivity index (χ2v) is 5.80. The van der Waals surface area contributed by atoms with Gasteiger partial charge in [-0.2, -0.15) is 0 Å². The molecule has 0 aliphatic rings. The number of hydrogen-bond donors (Lipinski definition) is 0. The van der Waals surface area contributed by atoms with Crippen molar-refractivity contribution in [3.05, 3.63) is 51.3 Å². The number of Topliss-reactive ketones (excluding diaryl/α,β-unsaturated/α-hetero) is 1. The third kappa shape index (κ3) is 3.13. The summed E-state index contributed by atoms with van der Waals surface area (Å²) in [7, 11) is 1.95. The summed E-state index contributed by atoms with van der Waals surface area (Å²) >= 11 is 6.12. The minimum absolute atomic E-state index is 0.0125. The highest BCUT2D eigenvalue weighted by atomic mass is 35.5. The Labute approximate surface area is 130 Å². The lowest BCUT2D eigenvalue weighted by molar-refractivity contribution is 0.0920. The molecule has 112 valence electrons. The average molecular weight is 306 g/mol. The Bertz CT molecular complexity index is 678. The molecule has 0 aliphatic heterocycles. The number of ketones is 1. The summed E-state index contributed by atoms with van der Waals surface area (Å²) in [5, 5.41) is 0.739. The Morgan fingerprint density at radius 3 is 2.19 bits per heavy atom. The summed E-state index contributed by atoms with van der Waals surface area (Å²) in [6.45, 7) is 7.81. The van der Waals surface area contributed by atoms with Crippen LogP contribution in [0.15, 0.2) is 18.2 Å². The van der Waals surface area contributed by atoms with Gasteiger partial charge in [-0.05, 0) is 57.0 Å². The summed E-state index contributed by atoms with van der Waals surface area (Å²) in [6, 6.07) is 5.61. The molecule has 0 N–H and O–H groups in total. The van der Waals surface area contributed by atoms with Crippen LogP contribution in [0.5, 0.6) is 5.75 Å². The van der Waals surface area contributed by atoms with Crippen molar-refractivity contribution in [2.75, 3.05) is 6.61 Å². The Hall–Kier alpha value is -1.74. The number of ether oxygens (including phenoxy) is 1. The smallest absolute Gasteiger partial charge is 0.202 e. The molecule has 4 heteroatoms. The van der Waals surface area contributed by atoms with Crippen molar-refractivity contribution in [2.45, 2.75) is 27.7 Å². The van der Waals surface area contributed by atoms with Crippen LogP contribution in [-0.4, -0.2) is 17.0 Å². The largest absolute Gasteiger partial charge is 0.485 e. The number of benzene rings is 1. The third-order valence-corrected chi connectivity index (χ3v) is 4.45. The molecule has 0 spiro atoms. The first-order chi connectivity index (χ1) is 9.81. The van der Waals surface area contributed by atoms with Crippen molar-refractivity contribution in [1.29, 1.82) is 0 Å². The lowest BCUT2D eigenvalue weighted by Crippen LogP contribution is -2.12. The van der Waals surface area contributed by atoms with Crippen LogP contribution in [0.25, 0.3) is 0 Å². The molecule has 1 heterocycles. The molecule has 0 bridgehead atoms. The lowest BCUT2D eigenvalue weighted by atomic mass is 10.1. The summed E-state index contributed by atoms with van der Waals surface area (Å²) in [5.74, 6) is 0.662. The quantitative estimate of drug-likeness (QED) is 0.794. The molecule has 0 saturated heterocycles. The van der Waals surface area contributed by atoms with Gasteiger partial charge in [0.15, 0.2) is 6.61 Å². The number of nitrogens with zero attached hydrogens (tertiary/aromatic N) is 1. The zero-order valence-electron chi connectivity index (χ0n) is 13.1. The van der Waals surface area contributed by atoms with E-state index in [2.05, 4.69) is 0 Å². The fourth-order valence-corrected chi connectivity index (χ4v) is 2.46. The van der Waals surface area contributed by atoms with Crippen molar-refractivity contribution in [3.8, 4) is 5.75 Å². The number of aromatic nitrogens is 1. The summed E-state index contributed by atoms with van der Waals surface area (Å²) in [4.78, 5) is 12.3. The van der Waals surface area contributed by atoms with Gasteiger partial charge in [-0.25, -0.2) is 0 Å². The molecular weight excluding hydrogens is 286 g/mol. The molecule has 0 atom stereocenters. The Balaban J connectivity index is 2.13. The molecule has 0 radical (unpaired) electrons. The maximum absolute atomic E-state index is 12.3. The van der Waals surface area contributed by atoms with Gasteiger partial charge in [0.1, 0.15) is 5.75 Å². The molecular formula is C17H20ClNO2. The first kappa shape index (κ1) is 15.6. The topological polar surface area (TPSA) is 31.2 Å². The normalized spacial score (nSPS) is 10.8. The van der Waals surface area contributed by atoms with Crippen LogP contribution < -0.4 is 4.74 Å². The zero-order valence-corrected chi connectivity index (χ0v) is 13.8. The van der Waals surface area contributed by atoms with Crippen LogP contribution in [-0.2, 0) is 7.05 Å². The average Bonchev–Trinajstić information content (AvgIpc) is 2.69. The minimum atomic E-state index is -0.0125. The van der Waals surface area contributed by atoms with E-state index in [0.717, 1.165) is 33.1 Å². The van der Waals surface area contributed by atoms with E-state index in [-0.39, 0.29) is 12.4 Å². The van der Waals surface area contributed by atoms with E-state index in [9.17, 15) is 4.79 Å². The summed E-state index contributed by atoms with van der Waals surface area (Å²) in [6.07, 6.45) is 0. The van der Waals surface area contributed by atoms with Crippen molar-refractivity contribution >= 4 is 17.4 Å². The van der Waals surface area contributed by atoms with Crippen molar-refractivity contribution < 1.29 is 9.53 Å². The van der Waals surface area contributed by atoms with Crippen LogP contribution in [0.1, 0.15) is 32.9 Å². The van der Waals surface area contributed by atoms with Gasteiger partial charge in [0, 0.05) is 29.0 Å². The van der Waals surface area contributed by atoms with E-state index in [1.807, 2.05) is 57.5 Å². The maximum Gasteiger partial charge on any atom is 0.202 e. The Kier molecular flexibility index (Phi) is 4.43. The van der Waals surface area contributed by atoms with Crippen LogP contribution >= 0.6 is 11.6 Å². The van der Waals surface area contributed by atoms with E-state index >= 15 is 0 Å². The van der Waals surface area contributed by atoms with Gasteiger partial charge < -0.3 is 9.30 Å². The fourth-order valence-electron chi connectivity index (χ4n) is 2.35. The molecule has 0 unspecified atom stereocenters. The van der Waals surface area contributed by atoms with Gasteiger partial charge >= 0.3 is 0 Å². The molecule has 0 aliphatic carbocycles. The standard InChI is InChI=1S/C17H20ClNO2/c1-10-6-14(7-11(2)17(10)18)21-9-16(20)15-8-12(3)19(5)13(15)4/h6-8H,9H2,1-5H3. The van der Waals surface area contributed by atoms with Gasteiger partial charge in [-0.3, -0.25) is 4.79 Å². The molecule has 2 rings (SSSR count). The van der Waals surface area contributed by atoms with Crippen LogP contribution in [0, 0.1) is 27.7 Å². The van der Waals surface area contributed by atoms with Crippen molar-refractivity contribution in [2.24, 2.45) is 7.05 Å². The number of hydrogen-bond acceptors (Lipinski definition) is 2. The second-order valence-electron chi connectivity index (χ2n) is 5.43. The highest BCUT2D eigenvalue weighted by molar-refractivity contribution is 6.32. The van der Waals surface area contributed by atoms with E-state index in [0.29, 0.717) is 5.75 Å². The highest BCUT2D eigenvalue weighted by Gasteiger charge is 2.15. The van der Waals surface area contributed by atoms with E-state index < -0.39 is 0 Å². The van der Waals surface area contributed by atoms with Gasteiger partial charge in [-0.15, -0.1) is 0 Å². The SMILES string of the molecule is Cc1cc(OCC(=O)c2cc(C)n(C)c2C)cc(C)c1Cl. The number of carbonyl (C=O) groups is 1.